The fourth-order valence-corrected chi connectivity index (χ4v) is 5.34. The van der Waals surface area contributed by atoms with Crippen molar-refractivity contribution in [2.75, 3.05) is 13.2 Å². The van der Waals surface area contributed by atoms with Gasteiger partial charge in [-0.1, -0.05) is 62.9 Å². The largest absolute Gasteiger partial charge is 0.462 e. The maximum atomic E-state index is 12.7. The van der Waals surface area contributed by atoms with Crippen LogP contribution in [0.1, 0.15) is 69.8 Å². The number of Topliss-reactive ketones (excluding diaryl/α,β-unsaturated/α-hetero) is 1. The van der Waals surface area contributed by atoms with Crippen molar-refractivity contribution in [1.82, 2.24) is 4.90 Å². The van der Waals surface area contributed by atoms with Gasteiger partial charge in [-0.05, 0) is 12.0 Å². The van der Waals surface area contributed by atoms with Gasteiger partial charge in [-0.2, -0.15) is 0 Å². The summed E-state index contributed by atoms with van der Waals surface area (Å²) in [7, 11) is 0. The Hall–Kier alpha value is -1.28. The van der Waals surface area contributed by atoms with Gasteiger partial charge in [0.15, 0.2) is 0 Å². The van der Waals surface area contributed by atoms with Crippen molar-refractivity contribution in [2.24, 2.45) is 0 Å². The lowest BCUT2D eigenvalue weighted by atomic mass is 9.96. The molecule has 5 unspecified atom stereocenters. The molecule has 0 aliphatic carbocycles. The number of carbonyl (C=O) groups is 2. The molecule has 3 heterocycles. The fraction of sp³-hybridized carbons (Fsp3) is 0.680. The summed E-state index contributed by atoms with van der Waals surface area (Å²) in [5, 5.41) is 9.74. The summed E-state index contributed by atoms with van der Waals surface area (Å²) in [4.78, 5) is 27.6. The summed E-state index contributed by atoms with van der Waals surface area (Å²) < 4.78 is 11.7. The number of aliphatic hydroxyl groups excluding tert-OH is 1. The second-order valence-electron chi connectivity index (χ2n) is 9.25. The van der Waals surface area contributed by atoms with E-state index in [9.17, 15) is 14.7 Å². The minimum atomic E-state index is -0.656. The maximum absolute atomic E-state index is 12.7. The average molecular weight is 510 g/mol. The molecule has 4 rings (SSSR count). The van der Waals surface area contributed by atoms with Crippen LogP contribution in [0.5, 0.6) is 0 Å². The molecule has 3 fully saturated rings. The SMILES string of the molecule is Br.CCCCCCCC(=O)CN1C2CC(OC(=O)C(CO)c3ccccc3)CC1C1OC12. The van der Waals surface area contributed by atoms with Crippen molar-refractivity contribution in [1.29, 1.82) is 0 Å². The molecule has 32 heavy (non-hydrogen) atoms. The van der Waals surface area contributed by atoms with Crippen LogP contribution >= 0.6 is 17.0 Å². The van der Waals surface area contributed by atoms with Gasteiger partial charge in [-0.15, -0.1) is 17.0 Å². The van der Waals surface area contributed by atoms with Gasteiger partial charge in [0.2, 0.25) is 0 Å². The number of piperidine rings is 1. The van der Waals surface area contributed by atoms with E-state index in [0.717, 1.165) is 18.4 Å². The van der Waals surface area contributed by atoms with Crippen LogP contribution in [0, 0.1) is 0 Å². The third-order valence-corrected chi connectivity index (χ3v) is 7.05. The summed E-state index contributed by atoms with van der Waals surface area (Å²) in [6.07, 6.45) is 7.99. The molecule has 6 nitrogen and oxygen atoms in total. The van der Waals surface area contributed by atoms with Crippen LogP contribution < -0.4 is 0 Å². The summed E-state index contributed by atoms with van der Waals surface area (Å²) in [5.41, 5.74) is 0.770. The van der Waals surface area contributed by atoms with Crippen LogP contribution in [0.3, 0.4) is 0 Å². The number of esters is 1. The van der Waals surface area contributed by atoms with Crippen molar-refractivity contribution in [2.45, 2.75) is 94.6 Å². The Morgan fingerprint density at radius 2 is 1.75 bits per heavy atom. The first-order chi connectivity index (χ1) is 15.1. The van der Waals surface area contributed by atoms with Gasteiger partial charge in [0.25, 0.3) is 0 Å². The zero-order chi connectivity index (χ0) is 21.8. The lowest BCUT2D eigenvalue weighted by molar-refractivity contribution is -0.157. The number of rotatable bonds is 12. The standard InChI is InChI=1S/C25H35NO5.BrH/c1-2-3-4-5-9-12-18(28)15-26-21-13-19(14-22(26)24-23(21)31-24)30-25(29)20(16-27)17-10-7-6-8-11-17;/h6-8,10-11,19-24,27H,2-5,9,12-16H2,1H3;1H. The van der Waals surface area contributed by atoms with Gasteiger partial charge in [-0.3, -0.25) is 14.5 Å². The molecule has 7 heteroatoms. The van der Waals surface area contributed by atoms with E-state index in [1.807, 2.05) is 30.3 Å². The Labute approximate surface area is 201 Å². The Bertz CT molecular complexity index is 742. The van der Waals surface area contributed by atoms with Crippen LogP contribution in [0.15, 0.2) is 30.3 Å². The number of unbranched alkanes of at least 4 members (excludes halogenated alkanes) is 4. The number of carbonyl (C=O) groups excluding carboxylic acids is 2. The molecule has 1 aromatic carbocycles. The van der Waals surface area contributed by atoms with Crippen molar-refractivity contribution in [3.05, 3.63) is 35.9 Å². The van der Waals surface area contributed by atoms with Crippen molar-refractivity contribution >= 4 is 28.7 Å². The lowest BCUT2D eigenvalue weighted by Gasteiger charge is -2.40. The zero-order valence-corrected chi connectivity index (χ0v) is 20.6. The van der Waals surface area contributed by atoms with Gasteiger partial charge in [-0.25, -0.2) is 0 Å². The van der Waals surface area contributed by atoms with Crippen LogP contribution in [0.2, 0.25) is 0 Å². The molecule has 2 bridgehead atoms. The van der Waals surface area contributed by atoms with Gasteiger partial charge in [0, 0.05) is 31.3 Å². The summed E-state index contributed by atoms with van der Waals surface area (Å²) >= 11 is 0. The van der Waals surface area contributed by atoms with Gasteiger partial charge in [0.05, 0.1) is 13.2 Å². The number of ether oxygens (including phenoxy) is 2. The minimum absolute atomic E-state index is 0. The minimum Gasteiger partial charge on any atom is -0.462 e. The molecule has 0 amide bonds. The quantitative estimate of drug-likeness (QED) is 0.262. The molecule has 3 saturated heterocycles. The topological polar surface area (TPSA) is 79.4 Å². The molecule has 5 atom stereocenters. The van der Waals surface area contributed by atoms with E-state index >= 15 is 0 Å². The second-order valence-corrected chi connectivity index (χ2v) is 9.25. The third-order valence-electron chi connectivity index (χ3n) is 7.05. The molecule has 1 N–H and O–H groups in total. The molecule has 178 valence electrons. The second kappa shape index (κ2) is 11.7. The molecule has 0 spiro atoms. The van der Waals surface area contributed by atoms with E-state index in [2.05, 4.69) is 11.8 Å². The van der Waals surface area contributed by atoms with Crippen molar-refractivity contribution in [3.8, 4) is 0 Å². The highest BCUT2D eigenvalue weighted by Crippen LogP contribution is 2.49. The van der Waals surface area contributed by atoms with E-state index in [1.165, 1.54) is 19.3 Å². The number of benzene rings is 1. The van der Waals surface area contributed by atoms with E-state index in [-0.39, 0.29) is 60.0 Å². The summed E-state index contributed by atoms with van der Waals surface area (Å²) in [5.74, 6) is -0.714. The number of nitrogens with zero attached hydrogens (tertiary/aromatic N) is 1. The number of epoxide rings is 1. The molecular weight excluding hydrogens is 474 g/mol. The van der Waals surface area contributed by atoms with Gasteiger partial charge in [0.1, 0.15) is 30.0 Å². The summed E-state index contributed by atoms with van der Waals surface area (Å²) in [6, 6.07) is 9.57. The predicted octanol–water partition coefficient (Wildman–Crippen LogP) is 3.80. The van der Waals surface area contributed by atoms with Crippen molar-refractivity contribution in [3.63, 3.8) is 0 Å². The number of halogens is 1. The maximum Gasteiger partial charge on any atom is 0.316 e. The van der Waals surface area contributed by atoms with Crippen LogP contribution in [0.25, 0.3) is 0 Å². The number of hydrogen-bond acceptors (Lipinski definition) is 6. The number of aliphatic hydroxyl groups is 1. The van der Waals surface area contributed by atoms with Gasteiger partial charge < -0.3 is 14.6 Å². The average Bonchev–Trinajstić information content (AvgIpc) is 3.53. The fourth-order valence-electron chi connectivity index (χ4n) is 5.34. The highest BCUT2D eigenvalue weighted by molar-refractivity contribution is 8.93. The van der Waals surface area contributed by atoms with Crippen LogP contribution in [-0.2, 0) is 19.1 Å². The Balaban J connectivity index is 0.00000289. The molecular formula is C25H36BrNO5. The first-order valence-electron chi connectivity index (χ1n) is 11.9. The molecule has 1 aromatic rings. The Morgan fingerprint density at radius 1 is 1.09 bits per heavy atom. The lowest BCUT2D eigenvalue weighted by Crippen LogP contribution is -2.52. The summed E-state index contributed by atoms with van der Waals surface area (Å²) in [6.45, 7) is 2.42. The molecule has 0 radical (unpaired) electrons. The van der Waals surface area contributed by atoms with E-state index in [1.54, 1.807) is 0 Å². The highest BCUT2D eigenvalue weighted by atomic mass is 79.9. The monoisotopic (exact) mass is 509 g/mol. The van der Waals surface area contributed by atoms with Crippen LogP contribution in [0.4, 0.5) is 0 Å². The number of morpholine rings is 1. The Morgan fingerprint density at radius 3 is 2.38 bits per heavy atom. The first-order valence-corrected chi connectivity index (χ1v) is 11.9. The number of ketones is 1. The smallest absolute Gasteiger partial charge is 0.316 e. The van der Waals surface area contributed by atoms with E-state index < -0.39 is 5.92 Å². The Kier molecular flexibility index (Phi) is 9.29. The van der Waals surface area contributed by atoms with Crippen molar-refractivity contribution < 1.29 is 24.2 Å². The normalized spacial score (nSPS) is 29.0. The van der Waals surface area contributed by atoms with E-state index in [0.29, 0.717) is 31.6 Å². The van der Waals surface area contributed by atoms with Gasteiger partial charge >= 0.3 is 5.97 Å². The highest BCUT2D eigenvalue weighted by Gasteiger charge is 2.64. The third kappa shape index (κ3) is 5.79. The molecule has 3 aliphatic heterocycles. The first kappa shape index (κ1) is 25.3. The number of fused-ring (bicyclic) bond motifs is 5. The zero-order valence-electron chi connectivity index (χ0n) is 18.9. The van der Waals surface area contributed by atoms with Crippen LogP contribution in [-0.4, -0.2) is 65.3 Å². The molecule has 0 aromatic heterocycles. The predicted molar refractivity (Wildman–Crippen MR) is 127 cm³/mol. The molecule has 3 aliphatic rings. The number of hydrogen-bond donors (Lipinski definition) is 1. The van der Waals surface area contributed by atoms with E-state index in [4.69, 9.17) is 9.47 Å². The molecule has 0 saturated carbocycles.